The molecule has 152 valence electrons. The molecule has 0 atom stereocenters. The average molecular weight is 363 g/mol. The smallest absolute Gasteiger partial charge is 0.305 e. The number of unbranched alkanes of at least 4 members (excludes halogenated alkanes) is 8. The second-order valence-corrected chi connectivity index (χ2v) is 5.92. The summed E-state index contributed by atoms with van der Waals surface area (Å²) >= 11 is 0. The minimum atomic E-state index is -0.138. The molecule has 0 aromatic carbocycles. The summed E-state index contributed by atoms with van der Waals surface area (Å²) in [4.78, 5) is 11.4. The van der Waals surface area contributed by atoms with Gasteiger partial charge in [-0.25, -0.2) is 0 Å². The van der Waals surface area contributed by atoms with Crippen LogP contribution in [0.1, 0.15) is 85.0 Å². The Labute approximate surface area is 155 Å². The van der Waals surface area contributed by atoms with Gasteiger partial charge >= 0.3 is 5.97 Å². The fourth-order valence-corrected chi connectivity index (χ4v) is 2.24. The second kappa shape index (κ2) is 25.6. The van der Waals surface area contributed by atoms with E-state index in [-0.39, 0.29) is 19.2 Å². The number of aliphatic hydroxyl groups is 1. The van der Waals surface area contributed by atoms with Crippen LogP contribution in [0.25, 0.3) is 0 Å². The van der Waals surface area contributed by atoms with Crippen LogP contribution in [0.5, 0.6) is 0 Å². The van der Waals surface area contributed by atoms with Crippen LogP contribution < -0.4 is 0 Å². The number of ether oxygens (including phenoxy) is 3. The Morgan fingerprint density at radius 2 is 1.28 bits per heavy atom. The Kier molecular flexibility index (Phi) is 27.2. The third-order valence-electron chi connectivity index (χ3n) is 3.62. The average Bonchev–Trinajstić information content (AvgIpc) is 2.61. The largest absolute Gasteiger partial charge is 0.463 e. The molecule has 5 nitrogen and oxygen atoms in total. The highest BCUT2D eigenvalue weighted by atomic mass is 16.6. The molecule has 0 aliphatic carbocycles. The quantitative estimate of drug-likeness (QED) is 0.305. The maximum Gasteiger partial charge on any atom is 0.305 e. The topological polar surface area (TPSA) is 65.0 Å². The first-order valence-electron chi connectivity index (χ1n) is 10.1. The van der Waals surface area contributed by atoms with Gasteiger partial charge in [-0.2, -0.15) is 0 Å². The molecule has 5 heteroatoms. The molecule has 25 heavy (non-hydrogen) atoms. The van der Waals surface area contributed by atoms with Crippen molar-refractivity contribution in [3.63, 3.8) is 0 Å². The van der Waals surface area contributed by atoms with E-state index in [0.29, 0.717) is 19.6 Å². The zero-order valence-corrected chi connectivity index (χ0v) is 16.9. The number of aliphatic hydroxyl groups excluding tert-OH is 1. The maximum absolute atomic E-state index is 11.4. The van der Waals surface area contributed by atoms with Gasteiger partial charge in [-0.05, 0) is 20.3 Å². The van der Waals surface area contributed by atoms with Crippen LogP contribution in [0.3, 0.4) is 0 Å². The van der Waals surface area contributed by atoms with Crippen LogP contribution in [-0.2, 0) is 19.0 Å². The normalized spacial score (nSPS) is 10.2. The summed E-state index contributed by atoms with van der Waals surface area (Å²) in [6.45, 7) is 8.86. The molecule has 0 spiro atoms. The van der Waals surface area contributed by atoms with E-state index in [0.717, 1.165) is 26.1 Å². The van der Waals surface area contributed by atoms with Crippen LogP contribution in [0, 0.1) is 0 Å². The Balaban J connectivity index is 0. The third kappa shape index (κ3) is 28.4. The van der Waals surface area contributed by atoms with E-state index in [9.17, 15) is 4.79 Å². The molecule has 0 unspecified atom stereocenters. The number of hydrogen-bond donors (Lipinski definition) is 1. The van der Waals surface area contributed by atoms with Gasteiger partial charge in [0.25, 0.3) is 0 Å². The fraction of sp³-hybridized carbons (Fsp3) is 0.950. The van der Waals surface area contributed by atoms with Crippen molar-refractivity contribution in [2.45, 2.75) is 85.0 Å². The molecule has 0 saturated carbocycles. The molecule has 0 heterocycles. The van der Waals surface area contributed by atoms with E-state index in [2.05, 4.69) is 6.92 Å². The second-order valence-electron chi connectivity index (χ2n) is 5.92. The van der Waals surface area contributed by atoms with Crippen molar-refractivity contribution in [2.24, 2.45) is 0 Å². The first-order valence-corrected chi connectivity index (χ1v) is 10.1. The molecule has 0 aromatic heterocycles. The standard InChI is InChI=1S/C16H32O4.C4H10O/c1-2-3-4-5-6-7-8-9-10-11-16(18)20-15-14-19-13-12-17;1-3-5-4-2/h17H,2-15H2,1H3;3-4H2,1-2H3. The third-order valence-corrected chi connectivity index (χ3v) is 3.62. The molecule has 0 rings (SSSR count). The summed E-state index contributed by atoms with van der Waals surface area (Å²) in [5.74, 6) is -0.138. The van der Waals surface area contributed by atoms with E-state index in [1.54, 1.807) is 0 Å². The van der Waals surface area contributed by atoms with Gasteiger partial charge in [0.15, 0.2) is 0 Å². The Hall–Kier alpha value is -0.650. The van der Waals surface area contributed by atoms with Gasteiger partial charge in [-0.1, -0.05) is 58.3 Å². The molecule has 0 aromatic rings. The zero-order chi connectivity index (χ0) is 19.0. The molecular formula is C20H42O5. The highest BCUT2D eigenvalue weighted by Crippen LogP contribution is 2.10. The number of esters is 1. The number of hydrogen-bond acceptors (Lipinski definition) is 5. The van der Waals surface area contributed by atoms with Crippen molar-refractivity contribution >= 4 is 5.97 Å². The van der Waals surface area contributed by atoms with Gasteiger partial charge in [0.2, 0.25) is 0 Å². The summed E-state index contributed by atoms with van der Waals surface area (Å²) in [5, 5.41) is 8.49. The lowest BCUT2D eigenvalue weighted by Crippen LogP contribution is -2.11. The van der Waals surface area contributed by atoms with E-state index in [4.69, 9.17) is 19.3 Å². The van der Waals surface area contributed by atoms with Gasteiger partial charge in [0.05, 0.1) is 19.8 Å². The SMILES string of the molecule is CCCCCCCCCCCC(=O)OCCOCCO.CCOCC. The molecule has 0 bridgehead atoms. The van der Waals surface area contributed by atoms with Gasteiger partial charge in [0.1, 0.15) is 6.61 Å². The Bertz CT molecular complexity index is 244. The highest BCUT2D eigenvalue weighted by molar-refractivity contribution is 5.69. The minimum Gasteiger partial charge on any atom is -0.463 e. The maximum atomic E-state index is 11.4. The van der Waals surface area contributed by atoms with Crippen molar-refractivity contribution in [3.8, 4) is 0 Å². The molecule has 0 amide bonds. The highest BCUT2D eigenvalue weighted by Gasteiger charge is 2.02. The van der Waals surface area contributed by atoms with Gasteiger partial charge < -0.3 is 19.3 Å². The first kappa shape index (κ1) is 26.6. The fourth-order valence-electron chi connectivity index (χ4n) is 2.24. The lowest BCUT2D eigenvalue weighted by Gasteiger charge is -2.05. The van der Waals surface area contributed by atoms with Gasteiger partial charge in [-0.15, -0.1) is 0 Å². The van der Waals surface area contributed by atoms with Crippen LogP contribution in [0.4, 0.5) is 0 Å². The summed E-state index contributed by atoms with van der Waals surface area (Å²) in [6, 6.07) is 0. The minimum absolute atomic E-state index is 0.00634. The lowest BCUT2D eigenvalue weighted by atomic mass is 10.1. The predicted octanol–water partition coefficient (Wildman–Crippen LogP) is 4.50. The summed E-state index contributed by atoms with van der Waals surface area (Å²) < 4.78 is 14.9. The molecular weight excluding hydrogens is 320 g/mol. The number of carbonyl (C=O) groups is 1. The van der Waals surface area contributed by atoms with Gasteiger partial charge in [-0.3, -0.25) is 4.79 Å². The van der Waals surface area contributed by atoms with Crippen molar-refractivity contribution in [1.82, 2.24) is 0 Å². The van der Waals surface area contributed by atoms with E-state index in [1.807, 2.05) is 13.8 Å². The van der Waals surface area contributed by atoms with Gasteiger partial charge in [0, 0.05) is 19.6 Å². The monoisotopic (exact) mass is 362 g/mol. The lowest BCUT2D eigenvalue weighted by molar-refractivity contribution is -0.145. The molecule has 0 aliphatic heterocycles. The number of rotatable bonds is 17. The van der Waals surface area contributed by atoms with Crippen molar-refractivity contribution in [3.05, 3.63) is 0 Å². The molecule has 0 saturated heterocycles. The van der Waals surface area contributed by atoms with Crippen molar-refractivity contribution < 1.29 is 24.1 Å². The van der Waals surface area contributed by atoms with E-state index in [1.165, 1.54) is 44.9 Å². The van der Waals surface area contributed by atoms with Crippen molar-refractivity contribution in [2.75, 3.05) is 39.6 Å². The Morgan fingerprint density at radius 1 is 0.720 bits per heavy atom. The molecule has 0 fully saturated rings. The van der Waals surface area contributed by atoms with Crippen LogP contribution in [-0.4, -0.2) is 50.7 Å². The summed E-state index contributed by atoms with van der Waals surface area (Å²) in [6.07, 6.45) is 11.7. The zero-order valence-electron chi connectivity index (χ0n) is 16.9. The summed E-state index contributed by atoms with van der Waals surface area (Å²) in [7, 11) is 0. The first-order chi connectivity index (χ1) is 12.2. The van der Waals surface area contributed by atoms with Crippen LogP contribution >= 0.6 is 0 Å². The summed E-state index contributed by atoms with van der Waals surface area (Å²) in [5.41, 5.74) is 0. The van der Waals surface area contributed by atoms with Crippen LogP contribution in [0.2, 0.25) is 0 Å². The van der Waals surface area contributed by atoms with E-state index >= 15 is 0 Å². The van der Waals surface area contributed by atoms with E-state index < -0.39 is 0 Å². The van der Waals surface area contributed by atoms with Crippen LogP contribution in [0.15, 0.2) is 0 Å². The Morgan fingerprint density at radius 3 is 1.76 bits per heavy atom. The predicted molar refractivity (Wildman–Crippen MR) is 103 cm³/mol. The van der Waals surface area contributed by atoms with Crippen molar-refractivity contribution in [1.29, 1.82) is 0 Å². The molecule has 0 radical (unpaired) electrons. The number of carbonyl (C=O) groups excluding carboxylic acids is 1. The molecule has 0 aliphatic rings. The molecule has 1 N–H and O–H groups in total.